The smallest absolute Gasteiger partial charge is 0.290 e. The van der Waals surface area contributed by atoms with Crippen LogP contribution in [0.5, 0.6) is 0 Å². The Labute approximate surface area is 146 Å². The molecule has 0 saturated carbocycles. The summed E-state index contributed by atoms with van der Waals surface area (Å²) in [6.07, 6.45) is 0. The maximum atomic E-state index is 12.4. The number of benzene rings is 2. The van der Waals surface area contributed by atoms with Gasteiger partial charge in [-0.15, -0.1) is 0 Å². The zero-order chi connectivity index (χ0) is 18.1. The molecule has 7 heteroatoms. The van der Waals surface area contributed by atoms with Crippen LogP contribution in [0, 0.1) is 0 Å². The topological polar surface area (TPSA) is 99.2 Å². The van der Waals surface area contributed by atoms with Crippen molar-refractivity contribution in [3.63, 3.8) is 0 Å². The highest BCUT2D eigenvalue weighted by atomic mass is 16.2. The molecule has 0 bridgehead atoms. The number of H-pyrrole nitrogens is 2. The van der Waals surface area contributed by atoms with Gasteiger partial charge >= 0.3 is 0 Å². The van der Waals surface area contributed by atoms with Crippen LogP contribution in [0.15, 0.2) is 76.3 Å². The van der Waals surface area contributed by atoms with Gasteiger partial charge in [-0.2, -0.15) is 4.52 Å². The van der Waals surface area contributed by atoms with Crippen LogP contribution in [0.1, 0.15) is 10.4 Å². The molecule has 3 N–H and O–H groups in total. The monoisotopic (exact) mass is 346 g/mol. The number of carbonyl (C=O) groups excluding carboxylic acids is 1. The lowest BCUT2D eigenvalue weighted by atomic mass is 10.1. The zero-order valence-corrected chi connectivity index (χ0v) is 13.5. The first kappa shape index (κ1) is 15.6. The van der Waals surface area contributed by atoms with E-state index in [1.165, 1.54) is 6.07 Å². The molecule has 0 radical (unpaired) electrons. The molecule has 128 valence electrons. The second kappa shape index (κ2) is 6.21. The van der Waals surface area contributed by atoms with Gasteiger partial charge in [-0.05, 0) is 17.7 Å². The standard InChI is InChI=1S/C19H14N4O3/c24-15-11-14(12-7-3-1-4-8-12)20-17-16(19(26)22-23(15)17)21-18(25)13-9-5-2-6-10-13/h1-11,20H,(H,21,25)(H,22,26). The summed E-state index contributed by atoms with van der Waals surface area (Å²) in [5.74, 6) is -0.435. The fourth-order valence-electron chi connectivity index (χ4n) is 2.73. The Morgan fingerprint density at radius 1 is 0.923 bits per heavy atom. The van der Waals surface area contributed by atoms with Crippen molar-refractivity contribution in [1.82, 2.24) is 14.6 Å². The summed E-state index contributed by atoms with van der Waals surface area (Å²) in [5, 5.41) is 5.02. The summed E-state index contributed by atoms with van der Waals surface area (Å²) in [6, 6.07) is 19.2. The van der Waals surface area contributed by atoms with Crippen molar-refractivity contribution in [2.45, 2.75) is 0 Å². The molecule has 4 aromatic rings. The molecule has 2 aromatic heterocycles. The van der Waals surface area contributed by atoms with E-state index in [1.807, 2.05) is 30.3 Å². The number of nitrogens with zero attached hydrogens (tertiary/aromatic N) is 1. The first-order chi connectivity index (χ1) is 12.6. The van der Waals surface area contributed by atoms with Gasteiger partial charge in [-0.1, -0.05) is 48.5 Å². The molecule has 2 heterocycles. The fourth-order valence-corrected chi connectivity index (χ4v) is 2.73. The van der Waals surface area contributed by atoms with Gasteiger partial charge < -0.3 is 10.3 Å². The summed E-state index contributed by atoms with van der Waals surface area (Å²) in [6.45, 7) is 0. The number of aromatic amines is 2. The van der Waals surface area contributed by atoms with Crippen molar-refractivity contribution in [1.29, 1.82) is 0 Å². The molecule has 0 aliphatic heterocycles. The van der Waals surface area contributed by atoms with Crippen molar-refractivity contribution in [3.05, 3.63) is 93.0 Å². The van der Waals surface area contributed by atoms with Crippen LogP contribution in [0.3, 0.4) is 0 Å². The van der Waals surface area contributed by atoms with E-state index in [0.29, 0.717) is 11.3 Å². The molecule has 4 rings (SSSR count). The van der Waals surface area contributed by atoms with Gasteiger partial charge in [0, 0.05) is 11.6 Å². The first-order valence-corrected chi connectivity index (χ1v) is 7.93. The Morgan fingerprint density at radius 3 is 2.27 bits per heavy atom. The van der Waals surface area contributed by atoms with Crippen LogP contribution >= 0.6 is 0 Å². The zero-order valence-electron chi connectivity index (χ0n) is 13.5. The molecule has 0 atom stereocenters. The molecule has 2 aromatic carbocycles. The van der Waals surface area contributed by atoms with Crippen molar-refractivity contribution in [2.75, 3.05) is 5.32 Å². The van der Waals surface area contributed by atoms with Crippen LogP contribution < -0.4 is 16.4 Å². The molecule has 0 unspecified atom stereocenters. The van der Waals surface area contributed by atoms with Crippen LogP contribution in [0.2, 0.25) is 0 Å². The summed E-state index contributed by atoms with van der Waals surface area (Å²) >= 11 is 0. The molecule has 7 nitrogen and oxygen atoms in total. The van der Waals surface area contributed by atoms with E-state index in [2.05, 4.69) is 15.4 Å². The van der Waals surface area contributed by atoms with Gasteiger partial charge in [0.25, 0.3) is 17.0 Å². The molecule has 0 spiro atoms. The lowest BCUT2D eigenvalue weighted by molar-refractivity contribution is 0.102. The van der Waals surface area contributed by atoms with Crippen LogP contribution in [-0.4, -0.2) is 20.5 Å². The molecular formula is C19H14N4O3. The van der Waals surface area contributed by atoms with E-state index in [4.69, 9.17) is 0 Å². The summed E-state index contributed by atoms with van der Waals surface area (Å²) in [7, 11) is 0. The minimum absolute atomic E-state index is 0.00580. The number of aromatic nitrogens is 3. The van der Waals surface area contributed by atoms with E-state index >= 15 is 0 Å². The van der Waals surface area contributed by atoms with Gasteiger partial charge in [0.05, 0.1) is 5.69 Å². The molecule has 0 aliphatic rings. The van der Waals surface area contributed by atoms with Crippen LogP contribution in [-0.2, 0) is 0 Å². The second-order valence-electron chi connectivity index (χ2n) is 5.71. The number of anilines is 1. The lowest BCUT2D eigenvalue weighted by Crippen LogP contribution is -2.17. The number of hydrogen-bond donors (Lipinski definition) is 3. The summed E-state index contributed by atoms with van der Waals surface area (Å²) in [5.41, 5.74) is 0.973. The summed E-state index contributed by atoms with van der Waals surface area (Å²) in [4.78, 5) is 40.0. The maximum absolute atomic E-state index is 12.4. The van der Waals surface area contributed by atoms with E-state index < -0.39 is 17.0 Å². The molecule has 0 fully saturated rings. The van der Waals surface area contributed by atoms with Crippen molar-refractivity contribution in [3.8, 4) is 11.3 Å². The maximum Gasteiger partial charge on any atom is 0.290 e. The van der Waals surface area contributed by atoms with Crippen LogP contribution in [0.4, 0.5) is 5.69 Å². The van der Waals surface area contributed by atoms with Gasteiger partial charge in [0.15, 0.2) is 11.3 Å². The van der Waals surface area contributed by atoms with Gasteiger partial charge in [-0.3, -0.25) is 19.5 Å². The minimum Gasteiger partial charge on any atom is -0.338 e. The Bertz CT molecular complexity index is 1200. The SMILES string of the molecule is O=C(Nc1c(=O)[nH]n2c(=O)cc(-c3ccccc3)[nH]c12)c1ccccc1. The number of fused-ring (bicyclic) bond motifs is 1. The Morgan fingerprint density at radius 2 is 1.58 bits per heavy atom. The Hall–Kier alpha value is -3.87. The highest BCUT2D eigenvalue weighted by Crippen LogP contribution is 2.17. The highest BCUT2D eigenvalue weighted by Gasteiger charge is 2.16. The number of nitrogens with one attached hydrogen (secondary N) is 3. The first-order valence-electron chi connectivity index (χ1n) is 7.93. The summed E-state index contributed by atoms with van der Waals surface area (Å²) < 4.78 is 1.08. The number of amides is 1. The van der Waals surface area contributed by atoms with Crippen molar-refractivity contribution >= 4 is 17.2 Å². The minimum atomic E-state index is -0.562. The Balaban J connectivity index is 1.84. The fraction of sp³-hybridized carbons (Fsp3) is 0. The largest absolute Gasteiger partial charge is 0.338 e. The van der Waals surface area contributed by atoms with Gasteiger partial charge in [0.1, 0.15) is 0 Å². The predicted octanol–water partition coefficient (Wildman–Crippen LogP) is 2.24. The van der Waals surface area contributed by atoms with Gasteiger partial charge in [0.2, 0.25) is 0 Å². The Kier molecular flexibility index (Phi) is 3.74. The molecular weight excluding hydrogens is 332 g/mol. The van der Waals surface area contributed by atoms with E-state index in [1.54, 1.807) is 30.3 Å². The quantitative estimate of drug-likeness (QED) is 0.530. The number of rotatable bonds is 3. The molecule has 0 saturated heterocycles. The molecule has 0 aliphatic carbocycles. The average molecular weight is 346 g/mol. The third kappa shape index (κ3) is 2.71. The lowest BCUT2D eigenvalue weighted by Gasteiger charge is -2.05. The second-order valence-corrected chi connectivity index (χ2v) is 5.71. The molecule has 26 heavy (non-hydrogen) atoms. The third-order valence-corrected chi connectivity index (χ3v) is 4.00. The van der Waals surface area contributed by atoms with E-state index in [9.17, 15) is 14.4 Å². The highest BCUT2D eigenvalue weighted by molar-refractivity contribution is 6.05. The normalized spacial score (nSPS) is 10.8. The predicted molar refractivity (Wildman–Crippen MR) is 98.5 cm³/mol. The molecule has 1 amide bonds. The van der Waals surface area contributed by atoms with Crippen molar-refractivity contribution in [2.24, 2.45) is 0 Å². The van der Waals surface area contributed by atoms with Gasteiger partial charge in [-0.25, -0.2) is 0 Å². The number of hydrogen-bond acceptors (Lipinski definition) is 3. The van der Waals surface area contributed by atoms with Crippen LogP contribution in [0.25, 0.3) is 16.9 Å². The average Bonchev–Trinajstić information content (AvgIpc) is 2.99. The van der Waals surface area contributed by atoms with Crippen molar-refractivity contribution < 1.29 is 4.79 Å². The third-order valence-electron chi connectivity index (χ3n) is 4.00. The van der Waals surface area contributed by atoms with E-state index in [0.717, 1.165) is 10.1 Å². The van der Waals surface area contributed by atoms with E-state index in [-0.39, 0.29) is 11.3 Å². The number of carbonyl (C=O) groups is 1.